The quantitative estimate of drug-likeness (QED) is 0.467. The molecule has 1 rings (SSSR count). The molecular weight excluding hydrogens is 237 g/mol. The third-order valence-electron chi connectivity index (χ3n) is 2.55. The van der Waals surface area contributed by atoms with Crippen LogP contribution >= 0.6 is 11.8 Å². The van der Waals surface area contributed by atoms with Gasteiger partial charge in [-0.05, 0) is 13.0 Å². The average Bonchev–Trinajstić information content (AvgIpc) is 2.37. The number of nitrogens with zero attached hydrogens (tertiary/aromatic N) is 1. The second-order valence-corrected chi connectivity index (χ2v) is 5.95. The Hall–Kier alpha value is 1.58. The summed E-state index contributed by atoms with van der Waals surface area (Å²) < 4.78 is -0.135. The fourth-order valence-electron chi connectivity index (χ4n) is 1.93. The van der Waals surface area contributed by atoms with Crippen LogP contribution < -0.4 is 51.4 Å². The summed E-state index contributed by atoms with van der Waals surface area (Å²) in [5.41, 5.74) is 0. The van der Waals surface area contributed by atoms with Gasteiger partial charge < -0.3 is 14.8 Å². The smallest absolute Gasteiger partial charge is 0.540 e. The van der Waals surface area contributed by atoms with Crippen LogP contribution in [0.3, 0.4) is 0 Å². The van der Waals surface area contributed by atoms with Gasteiger partial charge in [0.2, 0.25) is 0 Å². The number of aliphatic hydroxyl groups is 1. The third kappa shape index (κ3) is 3.78. The summed E-state index contributed by atoms with van der Waals surface area (Å²) >= 11 is 1.66. The maximum Gasteiger partial charge on any atom is 1.00 e. The van der Waals surface area contributed by atoms with E-state index in [2.05, 4.69) is 18.1 Å². The molecule has 1 heterocycles. The van der Waals surface area contributed by atoms with E-state index in [9.17, 15) is 9.90 Å². The van der Waals surface area contributed by atoms with E-state index >= 15 is 0 Å². The predicted molar refractivity (Wildman–Crippen MR) is 59.0 cm³/mol. The first-order valence-corrected chi connectivity index (χ1v) is 5.87. The molecule has 0 aliphatic carbocycles. The van der Waals surface area contributed by atoms with Gasteiger partial charge in [-0.15, -0.1) is 11.8 Å². The molecule has 1 aliphatic rings. The Morgan fingerprint density at radius 3 is 2.53 bits per heavy atom. The van der Waals surface area contributed by atoms with E-state index in [4.69, 9.17) is 0 Å². The van der Waals surface area contributed by atoms with Gasteiger partial charge in [-0.3, -0.25) is 0 Å². The van der Waals surface area contributed by atoms with Crippen molar-refractivity contribution in [2.45, 2.75) is 43.4 Å². The standard InChI is InChI=1S/C10H18NO2S.K/c1-4-5-11-8(6-12)10(2,3)14-9(11)7-13;/h8-9,13H,4-5,7H2,1-3H3;/q-1;+1/t8-,9?;/m1./s1. The number of aliphatic hydroxyl groups excluding tert-OH is 1. The second kappa shape index (κ2) is 7.11. The van der Waals surface area contributed by atoms with Crippen LogP contribution in [-0.2, 0) is 4.79 Å². The Kier molecular flexibility index (Phi) is 7.86. The van der Waals surface area contributed by atoms with E-state index in [1.165, 1.54) is 0 Å². The number of thioether (sulfide) groups is 1. The van der Waals surface area contributed by atoms with Gasteiger partial charge in [0.05, 0.1) is 12.0 Å². The minimum atomic E-state index is -0.190. The zero-order chi connectivity index (χ0) is 10.8. The predicted octanol–water partition coefficient (Wildman–Crippen LogP) is -1.98. The number of rotatable bonds is 4. The van der Waals surface area contributed by atoms with Gasteiger partial charge in [0, 0.05) is 4.75 Å². The molecule has 1 aliphatic heterocycles. The molecular formula is C10H18KNO2S. The summed E-state index contributed by atoms with van der Waals surface area (Å²) in [4.78, 5) is 13.0. The molecule has 1 N–H and O–H groups in total. The van der Waals surface area contributed by atoms with Gasteiger partial charge >= 0.3 is 51.4 Å². The molecule has 82 valence electrons. The Balaban J connectivity index is 0.00000196. The Morgan fingerprint density at radius 2 is 2.13 bits per heavy atom. The molecule has 1 saturated heterocycles. The molecule has 15 heavy (non-hydrogen) atoms. The van der Waals surface area contributed by atoms with Crippen molar-refractivity contribution in [3.63, 3.8) is 0 Å². The topological polar surface area (TPSA) is 40.5 Å². The van der Waals surface area contributed by atoms with Crippen molar-refractivity contribution in [2.75, 3.05) is 13.2 Å². The summed E-state index contributed by atoms with van der Waals surface area (Å²) in [5, 5.41) is 9.27. The molecule has 0 spiro atoms. The van der Waals surface area contributed by atoms with Crippen molar-refractivity contribution < 1.29 is 61.3 Å². The van der Waals surface area contributed by atoms with Crippen LogP contribution in [-0.4, -0.2) is 45.6 Å². The number of carbonyl (C=O) groups excluding carboxylic acids is 1. The maximum atomic E-state index is 10.9. The Labute approximate surface area is 139 Å². The van der Waals surface area contributed by atoms with Gasteiger partial charge in [0.15, 0.2) is 0 Å². The van der Waals surface area contributed by atoms with Gasteiger partial charge in [-0.25, -0.2) is 6.29 Å². The minimum Gasteiger partial charge on any atom is -0.540 e. The second-order valence-electron chi connectivity index (χ2n) is 4.12. The van der Waals surface area contributed by atoms with E-state index in [0.717, 1.165) is 13.0 Å². The molecule has 0 aromatic rings. The first-order chi connectivity index (χ1) is 6.56. The van der Waals surface area contributed by atoms with Crippen molar-refractivity contribution in [3.8, 4) is 0 Å². The van der Waals surface area contributed by atoms with E-state index in [0.29, 0.717) is 0 Å². The summed E-state index contributed by atoms with van der Waals surface area (Å²) in [6.45, 7) is 7.09. The van der Waals surface area contributed by atoms with Crippen LogP contribution in [0.15, 0.2) is 0 Å². The normalized spacial score (nSPS) is 29.9. The van der Waals surface area contributed by atoms with Crippen LogP contribution in [0.5, 0.6) is 0 Å². The summed E-state index contributed by atoms with van der Waals surface area (Å²) in [6, 6.07) is -0.190. The van der Waals surface area contributed by atoms with Gasteiger partial charge in [0.25, 0.3) is 0 Å². The molecule has 0 aromatic carbocycles. The van der Waals surface area contributed by atoms with Crippen LogP contribution in [0.1, 0.15) is 27.2 Å². The molecule has 1 unspecified atom stereocenters. The van der Waals surface area contributed by atoms with Gasteiger partial charge in [0.1, 0.15) is 0 Å². The van der Waals surface area contributed by atoms with E-state index in [-0.39, 0.29) is 74.2 Å². The van der Waals surface area contributed by atoms with Crippen LogP contribution in [0.25, 0.3) is 0 Å². The molecule has 0 amide bonds. The average molecular weight is 255 g/mol. The molecule has 0 bridgehead atoms. The minimum absolute atomic E-state index is 0. The van der Waals surface area contributed by atoms with E-state index in [1.54, 1.807) is 11.8 Å². The summed E-state index contributed by atoms with van der Waals surface area (Å²) in [5.74, 6) is 0. The van der Waals surface area contributed by atoms with E-state index in [1.807, 2.05) is 13.8 Å². The van der Waals surface area contributed by atoms with Crippen molar-refractivity contribution >= 4 is 18.0 Å². The van der Waals surface area contributed by atoms with Crippen LogP contribution in [0.4, 0.5) is 0 Å². The summed E-state index contributed by atoms with van der Waals surface area (Å²) in [6.07, 6.45) is 3.09. The zero-order valence-electron chi connectivity index (χ0n) is 9.99. The molecule has 0 aromatic heterocycles. The van der Waals surface area contributed by atoms with Gasteiger partial charge in [-0.2, -0.15) is 0 Å². The van der Waals surface area contributed by atoms with E-state index < -0.39 is 0 Å². The maximum absolute atomic E-state index is 10.9. The SMILES string of the molecule is CCCN1C(CO)SC(C)(C)[C@H]1[C-]=O.[K+]. The fraction of sp³-hybridized carbons (Fsp3) is 0.900. The monoisotopic (exact) mass is 255 g/mol. The summed E-state index contributed by atoms with van der Waals surface area (Å²) in [7, 11) is 0. The first-order valence-electron chi connectivity index (χ1n) is 4.99. The zero-order valence-corrected chi connectivity index (χ0v) is 13.9. The number of hydrogen-bond donors (Lipinski definition) is 1. The van der Waals surface area contributed by atoms with Crippen molar-refractivity contribution in [1.29, 1.82) is 0 Å². The third-order valence-corrected chi connectivity index (χ3v) is 4.07. The van der Waals surface area contributed by atoms with Crippen molar-refractivity contribution in [1.82, 2.24) is 4.90 Å². The fourth-order valence-corrected chi connectivity index (χ4v) is 3.38. The van der Waals surface area contributed by atoms with Gasteiger partial charge in [-0.1, -0.05) is 26.8 Å². The Morgan fingerprint density at radius 1 is 1.53 bits per heavy atom. The first kappa shape index (κ1) is 16.6. The molecule has 5 heteroatoms. The molecule has 0 saturated carbocycles. The molecule has 3 nitrogen and oxygen atoms in total. The Bertz CT molecular complexity index is 214. The largest absolute Gasteiger partial charge is 1.00 e. The molecule has 0 radical (unpaired) electrons. The van der Waals surface area contributed by atoms with Crippen LogP contribution in [0, 0.1) is 0 Å². The molecule has 1 fully saturated rings. The van der Waals surface area contributed by atoms with Crippen molar-refractivity contribution in [2.24, 2.45) is 0 Å². The number of hydrogen-bond acceptors (Lipinski definition) is 4. The molecule has 2 atom stereocenters. The van der Waals surface area contributed by atoms with Crippen LogP contribution in [0.2, 0.25) is 0 Å². The van der Waals surface area contributed by atoms with Crippen molar-refractivity contribution in [3.05, 3.63) is 0 Å².